The van der Waals surface area contributed by atoms with E-state index in [1.807, 2.05) is 0 Å². The fraction of sp³-hybridized carbons (Fsp3) is 0.455. The van der Waals surface area contributed by atoms with Crippen molar-refractivity contribution in [2.75, 3.05) is 19.7 Å². The van der Waals surface area contributed by atoms with Gasteiger partial charge in [-0.3, -0.25) is 0 Å². The largest absolute Gasteiger partial charge is 0.396 e. The van der Waals surface area contributed by atoms with Gasteiger partial charge >= 0.3 is 0 Å². The monoisotopic (exact) mass is 626 g/mol. The lowest BCUT2D eigenvalue weighted by Crippen LogP contribution is -2.41. The number of nitrogens with one attached hydrogen (secondary N) is 2. The van der Waals surface area contributed by atoms with E-state index in [1.54, 1.807) is 0 Å². The van der Waals surface area contributed by atoms with Crippen molar-refractivity contribution in [2.45, 2.75) is 102 Å². The summed E-state index contributed by atoms with van der Waals surface area (Å²) in [4.78, 5) is 0. The summed E-state index contributed by atoms with van der Waals surface area (Å²) in [6.45, 7) is 11.3. The van der Waals surface area contributed by atoms with Gasteiger partial charge in [0.25, 0.3) is 0 Å². The molecule has 4 atom stereocenters. The standard InChI is InChI=1S/C44H54N2O/c1-5-45-43(3)40-24-22-31(26-36(40)28-33(13-11-25-47)37-14-8-10-16-41(37)43)32-21-23-38-34(20-19-30-17-18-30)27-35-12-7-9-15-39(35)44(4,46-6-2)42(38)29-32/h7-10,12,14-16,21-24,26,29-30,33-34,45-47H,5-6,11,13,17-20,25,27-28H2,1-4H3/t33-,34-,43+,44+/m0/s1. The number of fused-ring (bicyclic) bond motifs is 4. The van der Waals surface area contributed by atoms with E-state index in [-0.39, 0.29) is 17.7 Å². The molecule has 0 saturated heterocycles. The van der Waals surface area contributed by atoms with Gasteiger partial charge in [0.2, 0.25) is 0 Å². The quantitative estimate of drug-likeness (QED) is 0.155. The summed E-state index contributed by atoms with van der Waals surface area (Å²) in [5, 5.41) is 17.7. The minimum atomic E-state index is -0.275. The zero-order valence-electron chi connectivity index (χ0n) is 29.0. The highest BCUT2D eigenvalue weighted by atomic mass is 16.2. The molecular weight excluding hydrogens is 572 g/mol. The van der Waals surface area contributed by atoms with Crippen LogP contribution in [-0.4, -0.2) is 24.8 Å². The molecule has 3 nitrogen and oxygen atoms in total. The summed E-state index contributed by atoms with van der Waals surface area (Å²) < 4.78 is 0. The van der Waals surface area contributed by atoms with Gasteiger partial charge in [0.1, 0.15) is 0 Å². The van der Waals surface area contributed by atoms with Crippen LogP contribution in [0.5, 0.6) is 0 Å². The lowest BCUT2D eigenvalue weighted by molar-refractivity contribution is 0.279. The van der Waals surface area contributed by atoms with Crippen LogP contribution < -0.4 is 10.6 Å². The third kappa shape index (κ3) is 6.01. The smallest absolute Gasteiger partial charge is 0.0667 e. The molecule has 246 valence electrons. The van der Waals surface area contributed by atoms with Crippen LogP contribution in [0.3, 0.4) is 0 Å². The molecule has 0 bridgehead atoms. The summed E-state index contributed by atoms with van der Waals surface area (Å²) >= 11 is 0. The first-order valence-electron chi connectivity index (χ1n) is 18.5. The van der Waals surface area contributed by atoms with E-state index in [0.717, 1.165) is 44.7 Å². The van der Waals surface area contributed by atoms with E-state index in [0.29, 0.717) is 11.8 Å². The molecule has 0 unspecified atom stereocenters. The van der Waals surface area contributed by atoms with E-state index < -0.39 is 0 Å². The molecule has 3 aliphatic rings. The first-order chi connectivity index (χ1) is 22.9. The molecular formula is C44H54N2O. The number of aliphatic hydroxyl groups is 1. The zero-order chi connectivity index (χ0) is 32.6. The van der Waals surface area contributed by atoms with Crippen LogP contribution >= 0.6 is 0 Å². The van der Waals surface area contributed by atoms with Crippen molar-refractivity contribution in [3.05, 3.63) is 129 Å². The van der Waals surface area contributed by atoms with Gasteiger partial charge in [-0.25, -0.2) is 0 Å². The van der Waals surface area contributed by atoms with Gasteiger partial charge in [0.15, 0.2) is 0 Å². The van der Waals surface area contributed by atoms with Crippen LogP contribution in [0.4, 0.5) is 0 Å². The van der Waals surface area contributed by atoms with Crippen molar-refractivity contribution < 1.29 is 5.11 Å². The Bertz CT molecular complexity index is 1720. The van der Waals surface area contributed by atoms with Gasteiger partial charge in [0, 0.05) is 6.61 Å². The van der Waals surface area contributed by atoms with Gasteiger partial charge in [-0.2, -0.15) is 0 Å². The summed E-state index contributed by atoms with van der Waals surface area (Å²) in [5.74, 6) is 1.86. The van der Waals surface area contributed by atoms with Crippen molar-refractivity contribution in [1.82, 2.24) is 10.6 Å². The van der Waals surface area contributed by atoms with Crippen LogP contribution in [0.25, 0.3) is 11.1 Å². The molecule has 4 aromatic carbocycles. The maximum absolute atomic E-state index is 9.81. The predicted molar refractivity (Wildman–Crippen MR) is 196 cm³/mol. The molecule has 0 radical (unpaired) electrons. The zero-order valence-corrected chi connectivity index (χ0v) is 29.0. The molecule has 0 spiro atoms. The van der Waals surface area contributed by atoms with Crippen LogP contribution in [0, 0.1) is 5.92 Å². The predicted octanol–water partition coefficient (Wildman–Crippen LogP) is 9.34. The molecule has 0 amide bonds. The summed E-state index contributed by atoms with van der Waals surface area (Å²) in [6, 6.07) is 32.9. The van der Waals surface area contributed by atoms with E-state index in [1.165, 1.54) is 81.3 Å². The molecule has 3 aliphatic carbocycles. The van der Waals surface area contributed by atoms with E-state index in [2.05, 4.69) is 123 Å². The molecule has 1 fully saturated rings. The Balaban J connectivity index is 1.35. The van der Waals surface area contributed by atoms with Crippen molar-refractivity contribution >= 4 is 0 Å². The fourth-order valence-electron chi connectivity index (χ4n) is 9.27. The van der Waals surface area contributed by atoms with Crippen LogP contribution in [0.1, 0.15) is 123 Å². The molecule has 0 aromatic heterocycles. The minimum Gasteiger partial charge on any atom is -0.396 e. The first kappa shape index (κ1) is 32.3. The summed E-state index contributed by atoms with van der Waals surface area (Å²) in [5.41, 5.74) is 13.6. The van der Waals surface area contributed by atoms with Gasteiger partial charge in [0.05, 0.1) is 11.1 Å². The molecule has 4 aromatic rings. The molecule has 3 N–H and O–H groups in total. The number of aliphatic hydroxyl groups excluding tert-OH is 1. The second-order valence-electron chi connectivity index (χ2n) is 14.9. The third-order valence-electron chi connectivity index (χ3n) is 11.8. The average Bonchev–Trinajstić information content (AvgIpc) is 3.94. The van der Waals surface area contributed by atoms with Crippen LogP contribution in [0.15, 0.2) is 84.9 Å². The highest BCUT2D eigenvalue weighted by Gasteiger charge is 2.39. The minimum absolute atomic E-state index is 0.237. The van der Waals surface area contributed by atoms with Gasteiger partial charge in [-0.1, -0.05) is 106 Å². The Hall–Kier alpha value is -3.24. The maximum atomic E-state index is 9.81. The van der Waals surface area contributed by atoms with Crippen molar-refractivity contribution in [2.24, 2.45) is 5.92 Å². The Morgan fingerprint density at radius 2 is 1.21 bits per heavy atom. The van der Waals surface area contributed by atoms with Crippen LogP contribution in [-0.2, 0) is 23.9 Å². The lowest BCUT2D eigenvalue weighted by atomic mass is 9.78. The number of rotatable bonds is 11. The Morgan fingerprint density at radius 3 is 1.96 bits per heavy atom. The summed E-state index contributed by atoms with van der Waals surface area (Å²) in [6.07, 6.45) is 9.37. The summed E-state index contributed by atoms with van der Waals surface area (Å²) in [7, 11) is 0. The van der Waals surface area contributed by atoms with Crippen molar-refractivity contribution in [3.63, 3.8) is 0 Å². The molecule has 1 saturated carbocycles. The molecule has 0 heterocycles. The molecule has 3 heteroatoms. The molecule has 0 aliphatic heterocycles. The topological polar surface area (TPSA) is 44.3 Å². The Morgan fingerprint density at radius 1 is 0.617 bits per heavy atom. The van der Waals surface area contributed by atoms with Crippen molar-refractivity contribution in [1.29, 1.82) is 0 Å². The van der Waals surface area contributed by atoms with Gasteiger partial charge < -0.3 is 15.7 Å². The fourth-order valence-corrected chi connectivity index (χ4v) is 9.27. The Kier molecular flexibility index (Phi) is 9.17. The number of hydrogen-bond acceptors (Lipinski definition) is 3. The lowest BCUT2D eigenvalue weighted by Gasteiger charge is -2.35. The van der Waals surface area contributed by atoms with Gasteiger partial charge in [-0.15, -0.1) is 0 Å². The SMILES string of the molecule is CCN[C@]1(C)c2ccc(-c3ccc4c(c3)[C@](C)(NCC)c3ccccc3C[C@@H]4CCC3CC3)cc2C[C@H](CCCO)c2ccccc21. The number of benzene rings is 4. The number of hydrogen-bond donors (Lipinski definition) is 3. The normalized spacial score (nSPS) is 24.8. The van der Waals surface area contributed by atoms with E-state index in [9.17, 15) is 5.11 Å². The molecule has 47 heavy (non-hydrogen) atoms. The second kappa shape index (κ2) is 13.3. The van der Waals surface area contributed by atoms with Crippen molar-refractivity contribution in [3.8, 4) is 11.1 Å². The van der Waals surface area contributed by atoms with Gasteiger partial charge in [-0.05, 0) is 145 Å². The third-order valence-corrected chi connectivity index (χ3v) is 11.8. The average molecular weight is 627 g/mol. The first-order valence-corrected chi connectivity index (χ1v) is 18.5. The van der Waals surface area contributed by atoms with Crippen LogP contribution in [0.2, 0.25) is 0 Å². The second-order valence-corrected chi connectivity index (χ2v) is 14.9. The molecule has 7 rings (SSSR count). The Labute approximate surface area is 283 Å². The van der Waals surface area contributed by atoms with E-state index >= 15 is 0 Å². The highest BCUT2D eigenvalue weighted by Crippen LogP contribution is 2.48. The highest BCUT2D eigenvalue weighted by molar-refractivity contribution is 5.69. The maximum Gasteiger partial charge on any atom is 0.0667 e. The van der Waals surface area contributed by atoms with E-state index in [4.69, 9.17) is 0 Å².